The summed E-state index contributed by atoms with van der Waals surface area (Å²) in [6.45, 7) is 1.79. The average molecular weight is 506 g/mol. The van der Waals surface area contributed by atoms with Crippen LogP contribution in [0.4, 0.5) is 0 Å². The van der Waals surface area contributed by atoms with Crippen LogP contribution in [0.1, 0.15) is 27.8 Å². The molecule has 0 unspecified atom stereocenters. The third-order valence-corrected chi connectivity index (χ3v) is 6.66. The zero-order valence-electron chi connectivity index (χ0n) is 18.7. The quantitative estimate of drug-likeness (QED) is 0.161. The lowest BCUT2D eigenvalue weighted by molar-refractivity contribution is -0.479. The molecule has 0 radical (unpaired) electrons. The van der Waals surface area contributed by atoms with Crippen LogP contribution in [0, 0.1) is 28.4 Å². The van der Waals surface area contributed by atoms with E-state index in [2.05, 4.69) is 16.3 Å². The third kappa shape index (κ3) is 5.98. The molecule has 0 saturated carbocycles. The Hall–Kier alpha value is -3.87. The van der Waals surface area contributed by atoms with Crippen molar-refractivity contribution in [1.29, 1.82) is 5.26 Å². The van der Waals surface area contributed by atoms with Crippen molar-refractivity contribution in [3.8, 4) is 17.5 Å². The summed E-state index contributed by atoms with van der Waals surface area (Å²) in [5, 5.41) is 29.8. The van der Waals surface area contributed by atoms with Gasteiger partial charge in [-0.3, -0.25) is 14.7 Å². The summed E-state index contributed by atoms with van der Waals surface area (Å²) in [4.78, 5) is 11.1. The van der Waals surface area contributed by atoms with Gasteiger partial charge in [0.25, 0.3) is 0 Å². The number of aryl methyl sites for hydroxylation is 1. The smallest absolute Gasteiger partial charge is 0.220 e. The van der Waals surface area contributed by atoms with Crippen molar-refractivity contribution in [3.63, 3.8) is 0 Å². The van der Waals surface area contributed by atoms with E-state index in [1.54, 1.807) is 36.4 Å². The highest BCUT2D eigenvalue weighted by atomic mass is 35.5. The molecule has 0 saturated heterocycles. The van der Waals surface area contributed by atoms with Crippen LogP contribution < -0.4 is 4.74 Å². The molecule has 0 amide bonds. The largest absolute Gasteiger partial charge is 0.489 e. The van der Waals surface area contributed by atoms with Gasteiger partial charge in [0.2, 0.25) is 6.54 Å². The van der Waals surface area contributed by atoms with Crippen LogP contribution in [0.15, 0.2) is 78.0 Å². The van der Waals surface area contributed by atoms with Crippen LogP contribution in [0.5, 0.6) is 5.75 Å². The van der Waals surface area contributed by atoms with Gasteiger partial charge < -0.3 is 4.74 Å². The molecule has 0 aliphatic rings. The first-order valence-corrected chi connectivity index (χ1v) is 11.9. The highest BCUT2D eigenvalue weighted by molar-refractivity contribution is 7.99. The molecule has 0 bridgehead atoms. The summed E-state index contributed by atoms with van der Waals surface area (Å²) in [6, 6.07) is 23.8. The molecule has 0 aliphatic carbocycles. The first-order chi connectivity index (χ1) is 16.9. The Bertz CT molecular complexity index is 1370. The number of nitro groups is 1. The van der Waals surface area contributed by atoms with Crippen molar-refractivity contribution < 1.29 is 9.66 Å². The molecule has 3 aromatic carbocycles. The molecule has 0 aliphatic heterocycles. The second-order valence-electron chi connectivity index (χ2n) is 7.59. The molecule has 0 N–H and O–H groups in total. The fourth-order valence-corrected chi connectivity index (χ4v) is 4.78. The SMILES string of the molecule is Cc1nnc(S[C@@H](C[N+](=O)[O-])c2ccc(OCc3ccccc3C#N)cc2)n1-c1ccc(Cl)cc1. The summed E-state index contributed by atoms with van der Waals surface area (Å²) in [5.74, 6) is 1.27. The van der Waals surface area contributed by atoms with Crippen molar-refractivity contribution >= 4 is 23.4 Å². The van der Waals surface area contributed by atoms with Gasteiger partial charge in [-0.15, -0.1) is 10.2 Å². The van der Waals surface area contributed by atoms with E-state index in [-0.39, 0.29) is 18.1 Å². The zero-order valence-corrected chi connectivity index (χ0v) is 20.2. The fourth-order valence-electron chi connectivity index (χ4n) is 3.48. The van der Waals surface area contributed by atoms with Gasteiger partial charge in [-0.25, -0.2) is 0 Å². The number of ether oxygens (including phenoxy) is 1. The first-order valence-electron chi connectivity index (χ1n) is 10.6. The predicted molar refractivity (Wildman–Crippen MR) is 133 cm³/mol. The Labute approximate surface area is 211 Å². The first kappa shape index (κ1) is 24.3. The fraction of sp³-hybridized carbons (Fsp3) is 0.160. The van der Waals surface area contributed by atoms with E-state index in [9.17, 15) is 15.4 Å². The summed E-state index contributed by atoms with van der Waals surface area (Å²) < 4.78 is 7.67. The van der Waals surface area contributed by atoms with E-state index >= 15 is 0 Å². The minimum atomic E-state index is -0.493. The van der Waals surface area contributed by atoms with Gasteiger partial charge >= 0.3 is 0 Å². The topological polar surface area (TPSA) is 107 Å². The van der Waals surface area contributed by atoms with Gasteiger partial charge in [-0.05, 0) is 55.0 Å². The molecule has 4 aromatic rings. The molecular formula is C25H20ClN5O3S. The third-order valence-electron chi connectivity index (χ3n) is 5.23. The summed E-state index contributed by atoms with van der Waals surface area (Å²) in [5.41, 5.74) is 2.94. The van der Waals surface area contributed by atoms with Crippen LogP contribution in [-0.4, -0.2) is 26.2 Å². The van der Waals surface area contributed by atoms with Crippen molar-refractivity contribution in [2.24, 2.45) is 0 Å². The number of benzene rings is 3. The van der Waals surface area contributed by atoms with E-state index in [0.29, 0.717) is 27.3 Å². The minimum absolute atomic E-state index is 0.250. The summed E-state index contributed by atoms with van der Waals surface area (Å²) in [7, 11) is 0. The second kappa shape index (κ2) is 11.0. The van der Waals surface area contributed by atoms with Crippen LogP contribution in [0.2, 0.25) is 5.02 Å². The molecule has 1 atom stereocenters. The van der Waals surface area contributed by atoms with Gasteiger partial charge in [0.05, 0.1) is 11.6 Å². The molecule has 1 aromatic heterocycles. The monoisotopic (exact) mass is 505 g/mol. The Morgan fingerprint density at radius 3 is 2.51 bits per heavy atom. The lowest BCUT2D eigenvalue weighted by Gasteiger charge is -2.15. The Morgan fingerprint density at radius 2 is 1.83 bits per heavy atom. The maximum absolute atomic E-state index is 11.4. The van der Waals surface area contributed by atoms with E-state index in [1.165, 1.54) is 11.8 Å². The molecule has 4 rings (SSSR count). The number of nitriles is 1. The molecule has 10 heteroatoms. The minimum Gasteiger partial charge on any atom is -0.489 e. The van der Waals surface area contributed by atoms with E-state index < -0.39 is 5.25 Å². The Morgan fingerprint density at radius 1 is 1.11 bits per heavy atom. The van der Waals surface area contributed by atoms with Gasteiger partial charge in [0.15, 0.2) is 5.16 Å². The molecule has 0 spiro atoms. The molecule has 8 nitrogen and oxygen atoms in total. The van der Waals surface area contributed by atoms with Crippen molar-refractivity contribution in [2.75, 3.05) is 6.54 Å². The van der Waals surface area contributed by atoms with Crippen molar-refractivity contribution in [1.82, 2.24) is 14.8 Å². The van der Waals surface area contributed by atoms with E-state index in [4.69, 9.17) is 16.3 Å². The van der Waals surface area contributed by atoms with Gasteiger partial charge in [0.1, 0.15) is 23.4 Å². The molecular weight excluding hydrogens is 486 g/mol. The number of aromatic nitrogens is 3. The number of rotatable bonds is 9. The number of halogens is 1. The van der Waals surface area contributed by atoms with Crippen molar-refractivity contribution in [2.45, 2.75) is 23.9 Å². The molecule has 176 valence electrons. The number of nitrogens with zero attached hydrogens (tertiary/aromatic N) is 5. The molecule has 1 heterocycles. The van der Waals surface area contributed by atoms with Gasteiger partial charge in [-0.2, -0.15) is 5.26 Å². The summed E-state index contributed by atoms with van der Waals surface area (Å²) in [6.07, 6.45) is 0. The maximum atomic E-state index is 11.4. The highest BCUT2D eigenvalue weighted by Gasteiger charge is 2.24. The highest BCUT2D eigenvalue weighted by Crippen LogP contribution is 2.36. The molecule has 35 heavy (non-hydrogen) atoms. The van der Waals surface area contributed by atoms with E-state index in [1.807, 2.05) is 47.9 Å². The lowest BCUT2D eigenvalue weighted by atomic mass is 10.1. The van der Waals surface area contributed by atoms with Crippen LogP contribution in [0.3, 0.4) is 0 Å². The average Bonchev–Trinajstić information content (AvgIpc) is 3.22. The van der Waals surface area contributed by atoms with Crippen LogP contribution in [0.25, 0.3) is 5.69 Å². The number of thioether (sulfide) groups is 1. The normalized spacial score (nSPS) is 11.6. The number of hydrogen-bond donors (Lipinski definition) is 0. The van der Waals surface area contributed by atoms with Gasteiger partial charge in [0, 0.05) is 21.2 Å². The van der Waals surface area contributed by atoms with Crippen LogP contribution in [-0.2, 0) is 6.61 Å². The Balaban J connectivity index is 1.53. The Kier molecular flexibility index (Phi) is 7.65. The zero-order chi connectivity index (χ0) is 24.8. The van der Waals surface area contributed by atoms with Crippen LogP contribution >= 0.6 is 23.4 Å². The standard InChI is InChI=1S/C25H20ClN5O3S/c1-17-28-29-25(31(17)22-10-8-21(26)9-11-22)35-24(15-30(32)33)18-6-12-23(13-7-18)34-16-20-5-3-2-4-19(20)14-27/h2-13,24H,15-16H2,1H3/t24-/m0/s1. The predicted octanol–water partition coefficient (Wildman–Crippen LogP) is 5.79. The van der Waals surface area contributed by atoms with E-state index in [0.717, 1.165) is 16.8 Å². The van der Waals surface area contributed by atoms with Crippen molar-refractivity contribution in [3.05, 3.63) is 110 Å². The lowest BCUT2D eigenvalue weighted by Crippen LogP contribution is -2.11. The van der Waals surface area contributed by atoms with Gasteiger partial charge in [-0.1, -0.05) is 53.7 Å². The second-order valence-corrected chi connectivity index (χ2v) is 9.20. The summed E-state index contributed by atoms with van der Waals surface area (Å²) >= 11 is 7.29. The maximum Gasteiger partial charge on any atom is 0.220 e. The number of hydrogen-bond acceptors (Lipinski definition) is 7. The molecule has 0 fully saturated rings.